The molecule has 0 unspecified atom stereocenters. The van der Waals surface area contributed by atoms with E-state index < -0.39 is 24.0 Å². The molecular weight excluding hydrogens is 415 g/mol. The van der Waals surface area contributed by atoms with Gasteiger partial charge in [-0.3, -0.25) is 9.59 Å². The maximum absolute atomic E-state index is 12.4. The van der Waals surface area contributed by atoms with Crippen LogP contribution >= 0.6 is 0 Å². The van der Waals surface area contributed by atoms with Crippen LogP contribution in [0, 0.1) is 11.3 Å². The number of nitrogens with zero attached hydrogens (tertiary/aromatic N) is 1. The average Bonchev–Trinajstić information content (AvgIpc) is 2.72. The zero-order valence-corrected chi connectivity index (χ0v) is 16.1. The molecule has 10 heteroatoms. The number of ether oxygens (including phenoxy) is 1. The highest BCUT2D eigenvalue weighted by Gasteiger charge is 2.38. The van der Waals surface area contributed by atoms with Gasteiger partial charge < -0.3 is 15.4 Å². The first-order chi connectivity index (χ1) is 14.6. The number of alkyl halides is 3. The number of nitrogens with one attached hydrogen (secondary N) is 2. The van der Waals surface area contributed by atoms with Crippen LogP contribution in [0.5, 0.6) is 0 Å². The minimum Gasteiger partial charge on any atom is -0.462 e. The Kier molecular flexibility index (Phi) is 7.52. The van der Waals surface area contributed by atoms with E-state index in [0.29, 0.717) is 5.69 Å². The monoisotopic (exact) mass is 431 g/mol. The van der Waals surface area contributed by atoms with Gasteiger partial charge in [-0.1, -0.05) is 12.1 Å². The van der Waals surface area contributed by atoms with Crippen molar-refractivity contribution in [3.8, 4) is 6.07 Å². The summed E-state index contributed by atoms with van der Waals surface area (Å²) in [5.41, 5.74) is 0.348. The Labute approximate surface area is 175 Å². The van der Waals surface area contributed by atoms with Crippen LogP contribution in [0.2, 0.25) is 0 Å². The minimum absolute atomic E-state index is 0.150. The summed E-state index contributed by atoms with van der Waals surface area (Å²) in [6.45, 7) is 1.89. The molecule has 0 saturated heterocycles. The van der Waals surface area contributed by atoms with Gasteiger partial charge in [-0.05, 0) is 55.0 Å². The van der Waals surface area contributed by atoms with Crippen LogP contribution in [0.1, 0.15) is 22.8 Å². The topological polar surface area (TPSA) is 108 Å². The molecule has 160 valence electrons. The summed E-state index contributed by atoms with van der Waals surface area (Å²) in [6, 6.07) is 12.7. The van der Waals surface area contributed by atoms with Crippen LogP contribution in [0.15, 0.2) is 54.1 Å². The molecule has 2 aromatic carbocycles. The van der Waals surface area contributed by atoms with Crippen molar-refractivity contribution < 1.29 is 32.3 Å². The van der Waals surface area contributed by atoms with Crippen molar-refractivity contribution in [1.29, 1.82) is 5.26 Å². The summed E-state index contributed by atoms with van der Waals surface area (Å²) in [5, 5.41) is 13.4. The molecule has 2 rings (SSSR count). The number of carbonyl (C=O) groups excluding carboxylic acids is 3. The number of benzene rings is 2. The third-order valence-corrected chi connectivity index (χ3v) is 3.73. The molecule has 2 amide bonds. The quantitative estimate of drug-likeness (QED) is 0.410. The number of nitriles is 1. The lowest BCUT2D eigenvalue weighted by atomic mass is 10.1. The summed E-state index contributed by atoms with van der Waals surface area (Å²) < 4.78 is 42.0. The van der Waals surface area contributed by atoms with E-state index in [1.165, 1.54) is 48.5 Å². The van der Waals surface area contributed by atoms with Crippen molar-refractivity contribution in [3.63, 3.8) is 0 Å². The van der Waals surface area contributed by atoms with E-state index in [9.17, 15) is 32.8 Å². The molecule has 2 N–H and O–H groups in total. The van der Waals surface area contributed by atoms with Gasteiger partial charge in [-0.25, -0.2) is 4.79 Å². The lowest BCUT2D eigenvalue weighted by molar-refractivity contribution is -0.167. The Hall–Kier alpha value is -4.13. The SMILES string of the molecule is CCOC(=O)c1ccc(NC(=O)/C(C#N)=C/c2cccc(NC(=O)C(F)(F)F)c2)cc1. The number of carbonyl (C=O) groups is 3. The second-order valence-electron chi connectivity index (χ2n) is 6.00. The highest BCUT2D eigenvalue weighted by atomic mass is 19.4. The Morgan fingerprint density at radius 1 is 1.06 bits per heavy atom. The summed E-state index contributed by atoms with van der Waals surface area (Å²) in [7, 11) is 0. The second-order valence-corrected chi connectivity index (χ2v) is 6.00. The van der Waals surface area contributed by atoms with E-state index in [0.717, 1.165) is 6.08 Å². The van der Waals surface area contributed by atoms with Crippen LogP contribution in [0.4, 0.5) is 24.5 Å². The number of hydrogen-bond acceptors (Lipinski definition) is 5. The molecule has 0 aromatic heterocycles. The zero-order valence-electron chi connectivity index (χ0n) is 16.1. The Balaban J connectivity index is 2.14. The van der Waals surface area contributed by atoms with Gasteiger partial charge in [0.2, 0.25) is 0 Å². The first-order valence-electron chi connectivity index (χ1n) is 8.82. The summed E-state index contributed by atoms with van der Waals surface area (Å²) in [5.74, 6) is -3.43. The molecule has 7 nitrogen and oxygen atoms in total. The third kappa shape index (κ3) is 6.71. The van der Waals surface area contributed by atoms with Crippen molar-refractivity contribution in [1.82, 2.24) is 0 Å². The number of anilines is 2. The number of halogens is 3. The van der Waals surface area contributed by atoms with E-state index in [2.05, 4.69) is 5.32 Å². The predicted molar refractivity (Wildman–Crippen MR) is 106 cm³/mol. The molecule has 0 aliphatic rings. The van der Waals surface area contributed by atoms with Crippen LogP contribution in [0.3, 0.4) is 0 Å². The second kappa shape index (κ2) is 10.1. The fraction of sp³-hybridized carbons (Fsp3) is 0.143. The molecule has 0 aliphatic carbocycles. The maximum atomic E-state index is 12.4. The van der Waals surface area contributed by atoms with Gasteiger partial charge in [0.15, 0.2) is 0 Å². The first-order valence-corrected chi connectivity index (χ1v) is 8.82. The Morgan fingerprint density at radius 3 is 2.32 bits per heavy atom. The molecular formula is C21H16F3N3O4. The van der Waals surface area contributed by atoms with E-state index in [1.54, 1.807) is 18.3 Å². The van der Waals surface area contributed by atoms with Crippen molar-refractivity contribution in [2.24, 2.45) is 0 Å². The Bertz CT molecular complexity index is 1050. The molecule has 0 bridgehead atoms. The largest absolute Gasteiger partial charge is 0.471 e. The van der Waals surface area contributed by atoms with E-state index in [4.69, 9.17) is 4.74 Å². The van der Waals surface area contributed by atoms with Crippen LogP contribution in [-0.4, -0.2) is 30.6 Å². The van der Waals surface area contributed by atoms with Crippen molar-refractivity contribution in [3.05, 3.63) is 65.2 Å². The highest BCUT2D eigenvalue weighted by molar-refractivity contribution is 6.10. The molecule has 0 heterocycles. The van der Waals surface area contributed by atoms with Crippen LogP contribution < -0.4 is 10.6 Å². The molecule has 0 saturated carbocycles. The highest BCUT2D eigenvalue weighted by Crippen LogP contribution is 2.20. The minimum atomic E-state index is -5.05. The van der Waals surface area contributed by atoms with Gasteiger partial charge in [0.1, 0.15) is 11.6 Å². The fourth-order valence-electron chi connectivity index (χ4n) is 2.33. The summed E-state index contributed by atoms with van der Waals surface area (Å²) in [6.07, 6.45) is -3.89. The number of rotatable bonds is 6. The maximum Gasteiger partial charge on any atom is 0.471 e. The standard InChI is InChI=1S/C21H16F3N3O4/c1-2-31-19(29)14-6-8-16(9-7-14)26-18(28)15(12-25)10-13-4-3-5-17(11-13)27-20(30)21(22,23)24/h3-11H,2H2,1H3,(H,26,28)(H,27,30)/b15-10+. The van der Waals surface area contributed by atoms with Gasteiger partial charge in [0.05, 0.1) is 12.2 Å². The molecule has 2 aromatic rings. The molecule has 0 radical (unpaired) electrons. The smallest absolute Gasteiger partial charge is 0.462 e. The van der Waals surface area contributed by atoms with Gasteiger partial charge in [0, 0.05) is 11.4 Å². The lowest BCUT2D eigenvalue weighted by Gasteiger charge is -2.09. The van der Waals surface area contributed by atoms with Crippen LogP contribution in [0.25, 0.3) is 6.08 Å². The van der Waals surface area contributed by atoms with E-state index in [-0.39, 0.29) is 29.0 Å². The summed E-state index contributed by atoms with van der Waals surface area (Å²) in [4.78, 5) is 35.0. The van der Waals surface area contributed by atoms with Crippen molar-refractivity contribution in [2.45, 2.75) is 13.1 Å². The fourth-order valence-corrected chi connectivity index (χ4v) is 2.33. The zero-order chi connectivity index (χ0) is 23.0. The molecule has 0 fully saturated rings. The summed E-state index contributed by atoms with van der Waals surface area (Å²) >= 11 is 0. The van der Waals surface area contributed by atoms with Gasteiger partial charge in [-0.2, -0.15) is 18.4 Å². The number of amides is 2. The van der Waals surface area contributed by atoms with E-state index >= 15 is 0 Å². The lowest BCUT2D eigenvalue weighted by Crippen LogP contribution is -2.29. The van der Waals surface area contributed by atoms with Gasteiger partial charge in [0.25, 0.3) is 5.91 Å². The Morgan fingerprint density at radius 2 is 1.74 bits per heavy atom. The normalized spacial score (nSPS) is 11.3. The van der Waals surface area contributed by atoms with Crippen LogP contribution in [-0.2, 0) is 14.3 Å². The van der Waals surface area contributed by atoms with Crippen molar-refractivity contribution >= 4 is 35.2 Å². The molecule has 0 atom stereocenters. The van der Waals surface area contributed by atoms with Crippen molar-refractivity contribution in [2.75, 3.05) is 17.2 Å². The first kappa shape index (κ1) is 23.2. The molecule has 0 aliphatic heterocycles. The van der Waals surface area contributed by atoms with Gasteiger partial charge >= 0.3 is 18.1 Å². The van der Waals surface area contributed by atoms with Gasteiger partial charge in [-0.15, -0.1) is 0 Å². The van der Waals surface area contributed by atoms with E-state index in [1.807, 2.05) is 0 Å². The molecule has 31 heavy (non-hydrogen) atoms. The average molecular weight is 431 g/mol. The molecule has 0 spiro atoms. The number of esters is 1. The third-order valence-electron chi connectivity index (χ3n) is 3.73. The predicted octanol–water partition coefficient (Wildman–Crippen LogP) is 3.91. The number of hydrogen-bond donors (Lipinski definition) is 2.